The van der Waals surface area contributed by atoms with Crippen LogP contribution < -0.4 is 15.9 Å². The second-order valence-electron chi connectivity index (χ2n) is 5.36. The topological polar surface area (TPSA) is 108 Å². The van der Waals surface area contributed by atoms with Crippen LogP contribution in [0.25, 0.3) is 11.6 Å². The van der Waals surface area contributed by atoms with Crippen LogP contribution >= 0.6 is 11.8 Å². The van der Waals surface area contributed by atoms with E-state index in [1.54, 1.807) is 31.2 Å². The lowest BCUT2D eigenvalue weighted by atomic mass is 10.3. The van der Waals surface area contributed by atoms with E-state index in [-0.39, 0.29) is 5.91 Å². The average molecular weight is 373 g/mol. The monoisotopic (exact) mass is 373 g/mol. The Hall–Kier alpha value is -2.94. The number of anilines is 1. The van der Waals surface area contributed by atoms with Crippen molar-refractivity contribution in [1.29, 1.82) is 0 Å². The van der Waals surface area contributed by atoms with Gasteiger partial charge in [-0.1, -0.05) is 11.8 Å². The predicted molar refractivity (Wildman–Crippen MR) is 99.4 cm³/mol. The van der Waals surface area contributed by atoms with Gasteiger partial charge in [0.05, 0.1) is 18.1 Å². The van der Waals surface area contributed by atoms with Crippen molar-refractivity contribution < 1.29 is 13.9 Å². The van der Waals surface area contributed by atoms with E-state index >= 15 is 0 Å². The molecule has 0 aliphatic heterocycles. The fourth-order valence-electron chi connectivity index (χ4n) is 2.19. The maximum absolute atomic E-state index is 12.4. The van der Waals surface area contributed by atoms with E-state index in [4.69, 9.17) is 15.0 Å². The van der Waals surface area contributed by atoms with E-state index in [9.17, 15) is 4.79 Å². The highest BCUT2D eigenvalue weighted by molar-refractivity contribution is 8.00. The van der Waals surface area contributed by atoms with Crippen LogP contribution in [0.1, 0.15) is 13.8 Å². The highest BCUT2D eigenvalue weighted by atomic mass is 32.2. The molecule has 136 valence electrons. The van der Waals surface area contributed by atoms with Gasteiger partial charge in [-0.05, 0) is 50.2 Å². The maximum atomic E-state index is 12.4. The quantitative estimate of drug-likeness (QED) is 0.484. The molecule has 9 heteroatoms. The lowest BCUT2D eigenvalue weighted by Gasteiger charge is -2.12. The molecule has 3 aromatic rings. The normalized spacial score (nSPS) is 11.9. The van der Waals surface area contributed by atoms with E-state index in [0.717, 1.165) is 5.75 Å². The first-order chi connectivity index (χ1) is 12.6. The minimum atomic E-state index is -0.419. The van der Waals surface area contributed by atoms with Crippen LogP contribution in [-0.4, -0.2) is 32.6 Å². The van der Waals surface area contributed by atoms with Crippen molar-refractivity contribution in [2.75, 3.05) is 17.8 Å². The van der Waals surface area contributed by atoms with Crippen LogP contribution in [0.15, 0.2) is 52.2 Å². The molecule has 3 rings (SSSR count). The molecule has 2 aromatic heterocycles. The van der Waals surface area contributed by atoms with Gasteiger partial charge in [0, 0.05) is 5.69 Å². The summed E-state index contributed by atoms with van der Waals surface area (Å²) < 4.78 is 12.0. The number of nitrogen functional groups attached to an aromatic ring is 1. The molecule has 0 fully saturated rings. The molecule has 1 atom stereocenters. The lowest BCUT2D eigenvalue weighted by Crippen LogP contribution is -2.23. The number of carbonyl (C=O) groups excluding carboxylic acids is 1. The number of hydrogen-bond donors (Lipinski definition) is 2. The smallest absolute Gasteiger partial charge is 0.237 e. The summed E-state index contributed by atoms with van der Waals surface area (Å²) in [7, 11) is 0. The summed E-state index contributed by atoms with van der Waals surface area (Å²) in [5.41, 5.74) is 0.691. The van der Waals surface area contributed by atoms with E-state index in [0.29, 0.717) is 29.0 Å². The molecule has 26 heavy (non-hydrogen) atoms. The van der Waals surface area contributed by atoms with Crippen molar-refractivity contribution in [3.05, 3.63) is 42.7 Å². The third kappa shape index (κ3) is 3.99. The van der Waals surface area contributed by atoms with E-state index in [1.165, 1.54) is 22.7 Å². The molecule has 0 radical (unpaired) electrons. The summed E-state index contributed by atoms with van der Waals surface area (Å²) in [6.45, 7) is 4.29. The van der Waals surface area contributed by atoms with Gasteiger partial charge in [-0.25, -0.2) is 4.68 Å². The Morgan fingerprint density at radius 2 is 2.12 bits per heavy atom. The molecular weight excluding hydrogens is 354 g/mol. The number of hydrogen-bond acceptors (Lipinski definition) is 7. The van der Waals surface area contributed by atoms with Crippen molar-refractivity contribution in [1.82, 2.24) is 14.9 Å². The molecule has 0 aliphatic rings. The minimum absolute atomic E-state index is 0.165. The van der Waals surface area contributed by atoms with Gasteiger partial charge in [0.15, 0.2) is 5.76 Å². The minimum Gasteiger partial charge on any atom is -0.494 e. The van der Waals surface area contributed by atoms with Crippen molar-refractivity contribution >= 4 is 23.4 Å². The zero-order valence-electron chi connectivity index (χ0n) is 14.4. The van der Waals surface area contributed by atoms with E-state index in [2.05, 4.69) is 15.5 Å². The van der Waals surface area contributed by atoms with Crippen molar-refractivity contribution in [3.63, 3.8) is 0 Å². The molecule has 0 spiro atoms. The Labute approximate surface area is 154 Å². The molecule has 1 amide bonds. The standard InChI is InChI=1S/C17H19N5O3S/c1-3-24-13-8-6-12(7-9-13)19-16(23)11(2)26-17-21-20-15(22(17)18)14-5-4-10-25-14/h4-11H,3,18H2,1-2H3,(H,19,23). The fraction of sp³-hybridized carbons (Fsp3) is 0.235. The molecule has 1 aromatic carbocycles. The second kappa shape index (κ2) is 7.96. The van der Waals surface area contributed by atoms with Gasteiger partial charge in [-0.15, -0.1) is 10.2 Å². The number of benzene rings is 1. The Balaban J connectivity index is 1.62. The average Bonchev–Trinajstić information content (AvgIpc) is 3.27. The van der Waals surface area contributed by atoms with Crippen LogP contribution in [0.3, 0.4) is 0 Å². The van der Waals surface area contributed by atoms with Gasteiger partial charge >= 0.3 is 0 Å². The summed E-state index contributed by atoms with van der Waals surface area (Å²) >= 11 is 1.21. The fourth-order valence-corrected chi connectivity index (χ4v) is 2.96. The third-order valence-corrected chi connectivity index (χ3v) is 4.55. The molecule has 2 heterocycles. The number of ether oxygens (including phenoxy) is 1. The van der Waals surface area contributed by atoms with Gasteiger partial charge < -0.3 is 20.3 Å². The molecular formula is C17H19N5O3S. The Kier molecular flexibility index (Phi) is 5.47. The molecule has 0 aliphatic carbocycles. The van der Waals surface area contributed by atoms with Crippen molar-refractivity contribution in [2.24, 2.45) is 0 Å². The number of rotatable bonds is 7. The first-order valence-electron chi connectivity index (χ1n) is 8.03. The zero-order valence-corrected chi connectivity index (χ0v) is 15.2. The third-order valence-electron chi connectivity index (χ3n) is 3.49. The molecule has 1 unspecified atom stereocenters. The number of furan rings is 1. The van der Waals surface area contributed by atoms with Crippen molar-refractivity contribution in [2.45, 2.75) is 24.3 Å². The van der Waals surface area contributed by atoms with Crippen LogP contribution in [0, 0.1) is 0 Å². The van der Waals surface area contributed by atoms with Gasteiger partial charge in [0.25, 0.3) is 0 Å². The molecule has 0 saturated heterocycles. The van der Waals surface area contributed by atoms with Crippen LogP contribution in [0.4, 0.5) is 5.69 Å². The predicted octanol–water partition coefficient (Wildman–Crippen LogP) is 2.77. The zero-order chi connectivity index (χ0) is 18.5. The number of carbonyl (C=O) groups is 1. The maximum Gasteiger partial charge on any atom is 0.237 e. The Morgan fingerprint density at radius 1 is 1.35 bits per heavy atom. The van der Waals surface area contributed by atoms with Crippen molar-refractivity contribution in [3.8, 4) is 17.3 Å². The molecule has 0 saturated carbocycles. The first kappa shape index (κ1) is 17.9. The van der Waals surface area contributed by atoms with Gasteiger partial charge in [-0.3, -0.25) is 4.79 Å². The molecule has 0 bridgehead atoms. The SMILES string of the molecule is CCOc1ccc(NC(=O)C(C)Sc2nnc(-c3ccco3)n2N)cc1. The van der Waals surface area contributed by atoms with Gasteiger partial charge in [-0.2, -0.15) is 0 Å². The van der Waals surface area contributed by atoms with E-state index in [1.807, 2.05) is 19.1 Å². The van der Waals surface area contributed by atoms with Crippen LogP contribution in [0.5, 0.6) is 5.75 Å². The van der Waals surface area contributed by atoms with Crippen LogP contribution in [-0.2, 0) is 4.79 Å². The summed E-state index contributed by atoms with van der Waals surface area (Å²) in [5.74, 6) is 7.51. The number of aromatic nitrogens is 3. The Bertz CT molecular complexity index is 861. The first-order valence-corrected chi connectivity index (χ1v) is 8.91. The largest absolute Gasteiger partial charge is 0.494 e. The Morgan fingerprint density at radius 3 is 2.77 bits per heavy atom. The van der Waals surface area contributed by atoms with Crippen LogP contribution in [0.2, 0.25) is 0 Å². The van der Waals surface area contributed by atoms with E-state index < -0.39 is 5.25 Å². The number of nitrogens with two attached hydrogens (primary N) is 1. The number of amides is 1. The summed E-state index contributed by atoms with van der Waals surface area (Å²) in [6.07, 6.45) is 1.53. The highest BCUT2D eigenvalue weighted by Crippen LogP contribution is 2.26. The summed E-state index contributed by atoms with van der Waals surface area (Å²) in [6, 6.07) is 10.7. The lowest BCUT2D eigenvalue weighted by molar-refractivity contribution is -0.115. The molecule has 3 N–H and O–H groups in total. The highest BCUT2D eigenvalue weighted by Gasteiger charge is 2.20. The summed E-state index contributed by atoms with van der Waals surface area (Å²) in [5, 5.41) is 10.9. The van der Waals surface area contributed by atoms with Gasteiger partial charge in [0.2, 0.25) is 16.9 Å². The molecule has 8 nitrogen and oxygen atoms in total. The number of thioether (sulfide) groups is 1. The number of nitrogens with zero attached hydrogens (tertiary/aromatic N) is 3. The number of nitrogens with one attached hydrogen (secondary N) is 1. The second-order valence-corrected chi connectivity index (χ2v) is 6.67. The van der Waals surface area contributed by atoms with Gasteiger partial charge in [0.1, 0.15) is 5.75 Å². The summed E-state index contributed by atoms with van der Waals surface area (Å²) in [4.78, 5) is 12.4.